The van der Waals surface area contributed by atoms with E-state index < -0.39 is 11.7 Å². The van der Waals surface area contributed by atoms with Crippen LogP contribution in [0, 0.1) is 37.4 Å². The third-order valence-electron chi connectivity index (χ3n) is 8.99. The van der Waals surface area contributed by atoms with E-state index in [9.17, 15) is 4.79 Å². The molecular formula is C35H46FNO4. The van der Waals surface area contributed by atoms with Gasteiger partial charge in [-0.3, -0.25) is 0 Å². The van der Waals surface area contributed by atoms with Crippen LogP contribution in [0.15, 0.2) is 24.4 Å². The van der Waals surface area contributed by atoms with Crippen LogP contribution in [-0.2, 0) is 20.7 Å². The molecule has 1 aliphatic heterocycles. The maximum Gasteiger partial charge on any atom is 0.340 e. The molecule has 2 aromatic carbocycles. The highest BCUT2D eigenvalue weighted by molar-refractivity contribution is 6.00. The summed E-state index contributed by atoms with van der Waals surface area (Å²) < 4.78 is 34.4. The number of fused-ring (bicyclic) bond motifs is 2. The van der Waals surface area contributed by atoms with E-state index in [0.717, 1.165) is 76.4 Å². The van der Waals surface area contributed by atoms with Crippen molar-refractivity contribution in [2.24, 2.45) is 17.8 Å². The van der Waals surface area contributed by atoms with Gasteiger partial charge in [0.15, 0.2) is 17.7 Å². The van der Waals surface area contributed by atoms with Gasteiger partial charge in [-0.25, -0.2) is 9.18 Å². The minimum atomic E-state index is -0.968. The van der Waals surface area contributed by atoms with Crippen molar-refractivity contribution in [1.82, 2.24) is 4.98 Å². The number of H-pyrrole nitrogens is 1. The van der Waals surface area contributed by atoms with Gasteiger partial charge in [0, 0.05) is 28.2 Å². The van der Waals surface area contributed by atoms with Crippen LogP contribution in [0.1, 0.15) is 95.6 Å². The number of hydrogen-bond donors (Lipinski definition) is 1. The molecule has 0 spiro atoms. The van der Waals surface area contributed by atoms with E-state index in [0.29, 0.717) is 30.1 Å². The van der Waals surface area contributed by atoms with Gasteiger partial charge >= 0.3 is 5.97 Å². The van der Waals surface area contributed by atoms with Gasteiger partial charge in [-0.05, 0) is 119 Å². The van der Waals surface area contributed by atoms with Crippen LogP contribution < -0.4 is 4.74 Å². The lowest BCUT2D eigenvalue weighted by atomic mass is 9.75. The molecule has 1 N–H and O–H groups in total. The zero-order valence-corrected chi connectivity index (χ0v) is 25.9. The molecule has 41 heavy (non-hydrogen) atoms. The van der Waals surface area contributed by atoms with Crippen molar-refractivity contribution in [2.45, 2.75) is 105 Å². The van der Waals surface area contributed by atoms with Gasteiger partial charge in [-0.1, -0.05) is 27.2 Å². The van der Waals surface area contributed by atoms with E-state index in [2.05, 4.69) is 25.8 Å². The third kappa shape index (κ3) is 5.90. The number of aromatic amines is 1. The summed E-state index contributed by atoms with van der Waals surface area (Å²) in [6, 6.07) is 5.62. The lowest BCUT2D eigenvalue weighted by Gasteiger charge is -2.38. The van der Waals surface area contributed by atoms with E-state index in [1.807, 2.05) is 52.9 Å². The minimum Gasteiger partial charge on any atom is -0.490 e. The molecule has 0 unspecified atom stereocenters. The number of rotatable bonds is 6. The Morgan fingerprint density at radius 2 is 1.93 bits per heavy atom. The molecule has 1 aromatic heterocycles. The van der Waals surface area contributed by atoms with Crippen LogP contribution in [-0.4, -0.2) is 29.3 Å². The van der Waals surface area contributed by atoms with Crippen LogP contribution in [0.5, 0.6) is 5.75 Å². The topological polar surface area (TPSA) is 60.5 Å². The lowest BCUT2D eigenvalue weighted by molar-refractivity contribution is -0.178. The molecule has 0 bridgehead atoms. The Hall–Kier alpha value is -2.86. The molecule has 0 amide bonds. The maximum atomic E-state index is 15.6. The largest absolute Gasteiger partial charge is 0.490 e. The van der Waals surface area contributed by atoms with Gasteiger partial charge in [-0.2, -0.15) is 0 Å². The highest BCUT2D eigenvalue weighted by Gasteiger charge is 2.39. The average molecular weight is 564 g/mol. The first-order valence-electron chi connectivity index (χ1n) is 15.3. The molecule has 5 rings (SSSR count). The summed E-state index contributed by atoms with van der Waals surface area (Å²) in [4.78, 5) is 17.6. The van der Waals surface area contributed by atoms with Crippen molar-refractivity contribution in [2.75, 3.05) is 6.61 Å². The number of carbonyl (C=O) groups is 1. The number of nitrogens with one attached hydrogen (secondary N) is 1. The number of halogens is 1. The lowest BCUT2D eigenvalue weighted by Crippen LogP contribution is -2.38. The second-order valence-electron chi connectivity index (χ2n) is 13.6. The number of benzene rings is 2. The molecule has 0 saturated heterocycles. The zero-order chi connectivity index (χ0) is 29.6. The predicted molar refractivity (Wildman–Crippen MR) is 162 cm³/mol. The Balaban J connectivity index is 1.69. The number of hydrogen-bond acceptors (Lipinski definition) is 4. The standard InChI is InChI=1S/C35H46FNO4/c1-19(2)23-12-11-20(3)16-29(23)40-34(38)33(41-35(6,7)8)30-21(4)17-28-25(13-14-37-28)31(30)26-18-27(36)32-24(22(26)5)10-9-15-39-32/h13-14,17-20,23,29,33,37H,9-12,15-16H2,1-8H3/t20-,23+,29-,33-/m1/s1. The van der Waals surface area contributed by atoms with Crippen molar-refractivity contribution < 1.29 is 23.4 Å². The number of carbonyl (C=O) groups excluding carboxylic acids is 1. The molecule has 2 heterocycles. The summed E-state index contributed by atoms with van der Waals surface area (Å²) in [6.07, 6.45) is 5.42. The summed E-state index contributed by atoms with van der Waals surface area (Å²) in [5.74, 6) is 0.840. The fourth-order valence-electron chi connectivity index (χ4n) is 6.94. The molecule has 1 saturated carbocycles. The van der Waals surface area contributed by atoms with E-state index >= 15 is 4.39 Å². The van der Waals surface area contributed by atoms with Crippen molar-refractivity contribution >= 4 is 16.9 Å². The molecular weight excluding hydrogens is 517 g/mol. The van der Waals surface area contributed by atoms with Crippen molar-refractivity contribution in [3.05, 3.63) is 52.5 Å². The van der Waals surface area contributed by atoms with Gasteiger partial charge < -0.3 is 19.2 Å². The number of esters is 1. The monoisotopic (exact) mass is 563 g/mol. The Morgan fingerprint density at radius 1 is 1.17 bits per heavy atom. The first-order valence-corrected chi connectivity index (χ1v) is 15.3. The maximum absolute atomic E-state index is 15.6. The summed E-state index contributed by atoms with van der Waals surface area (Å²) in [6.45, 7) is 17.1. The van der Waals surface area contributed by atoms with Gasteiger partial charge in [0.2, 0.25) is 0 Å². The molecule has 3 aromatic rings. The molecule has 5 nitrogen and oxygen atoms in total. The van der Waals surface area contributed by atoms with Crippen LogP contribution in [0.3, 0.4) is 0 Å². The summed E-state index contributed by atoms with van der Waals surface area (Å²) in [5, 5.41) is 0.923. The van der Waals surface area contributed by atoms with Crippen molar-refractivity contribution in [1.29, 1.82) is 0 Å². The molecule has 6 heteroatoms. The third-order valence-corrected chi connectivity index (χ3v) is 8.99. The first-order chi connectivity index (χ1) is 19.4. The quantitative estimate of drug-likeness (QED) is 0.305. The summed E-state index contributed by atoms with van der Waals surface area (Å²) in [5.41, 5.74) is 5.38. The Labute approximate surface area is 244 Å². The second kappa shape index (κ2) is 11.4. The fraction of sp³-hybridized carbons (Fsp3) is 0.571. The number of ether oxygens (including phenoxy) is 3. The number of aromatic nitrogens is 1. The second-order valence-corrected chi connectivity index (χ2v) is 13.6. The molecule has 1 aliphatic carbocycles. The molecule has 0 radical (unpaired) electrons. The first kappa shape index (κ1) is 29.6. The van der Waals surface area contributed by atoms with Crippen LogP contribution in [0.25, 0.3) is 22.0 Å². The smallest absolute Gasteiger partial charge is 0.340 e. The van der Waals surface area contributed by atoms with Crippen molar-refractivity contribution in [3.63, 3.8) is 0 Å². The van der Waals surface area contributed by atoms with E-state index in [1.165, 1.54) is 0 Å². The van der Waals surface area contributed by atoms with Gasteiger partial charge in [0.1, 0.15) is 6.10 Å². The average Bonchev–Trinajstić information content (AvgIpc) is 3.36. The zero-order valence-electron chi connectivity index (χ0n) is 25.9. The van der Waals surface area contributed by atoms with Crippen LogP contribution in [0.2, 0.25) is 0 Å². The number of aryl methyl sites for hydroxylation is 1. The van der Waals surface area contributed by atoms with Gasteiger partial charge in [0.05, 0.1) is 12.2 Å². The minimum absolute atomic E-state index is 0.155. The van der Waals surface area contributed by atoms with E-state index in [1.54, 1.807) is 6.07 Å². The Kier molecular flexibility index (Phi) is 8.26. The van der Waals surface area contributed by atoms with Crippen LogP contribution in [0.4, 0.5) is 4.39 Å². The highest BCUT2D eigenvalue weighted by atomic mass is 19.1. The SMILES string of the molecule is Cc1cc2[nH]ccc2c(-c2cc(F)c3c(c2C)CCCO3)c1[C@@H](OC(C)(C)C)C(=O)O[C@@H]1C[C@H](C)CC[C@H]1C(C)C. The highest BCUT2D eigenvalue weighted by Crippen LogP contribution is 2.45. The fourth-order valence-corrected chi connectivity index (χ4v) is 6.94. The van der Waals surface area contributed by atoms with Crippen molar-refractivity contribution in [3.8, 4) is 16.9 Å². The Bertz CT molecular complexity index is 1430. The predicted octanol–water partition coefficient (Wildman–Crippen LogP) is 8.78. The molecule has 1 fully saturated rings. The molecule has 222 valence electrons. The van der Waals surface area contributed by atoms with Crippen LogP contribution >= 0.6 is 0 Å². The summed E-state index contributed by atoms with van der Waals surface area (Å²) >= 11 is 0. The Morgan fingerprint density at radius 3 is 2.63 bits per heavy atom. The normalized spacial score (nSPS) is 22.0. The molecule has 4 atom stereocenters. The van der Waals surface area contributed by atoms with E-state index in [-0.39, 0.29) is 17.9 Å². The van der Waals surface area contributed by atoms with Gasteiger partial charge in [0.25, 0.3) is 0 Å². The molecule has 2 aliphatic rings. The summed E-state index contributed by atoms with van der Waals surface area (Å²) in [7, 11) is 0. The van der Waals surface area contributed by atoms with Gasteiger partial charge in [-0.15, -0.1) is 0 Å². The van der Waals surface area contributed by atoms with E-state index in [4.69, 9.17) is 14.2 Å².